The minimum Gasteiger partial charge on any atom is -0.313 e. The molecule has 0 spiro atoms. The minimum atomic E-state index is 0.250. The fraction of sp³-hybridized carbons (Fsp3) is 0.294. The highest BCUT2D eigenvalue weighted by atomic mass is 35.5. The van der Waals surface area contributed by atoms with Crippen molar-refractivity contribution in [3.63, 3.8) is 0 Å². The molecule has 0 aliphatic rings. The Morgan fingerprint density at radius 2 is 1.90 bits per heavy atom. The molecule has 20 heavy (non-hydrogen) atoms. The summed E-state index contributed by atoms with van der Waals surface area (Å²) in [6.45, 7) is 2.17. The van der Waals surface area contributed by atoms with E-state index in [-0.39, 0.29) is 6.04 Å². The number of benzene rings is 2. The van der Waals surface area contributed by atoms with Gasteiger partial charge in [-0.3, -0.25) is 0 Å². The lowest BCUT2D eigenvalue weighted by molar-refractivity contribution is 0.591. The molecular weight excluding hydrogens is 289 g/mol. The van der Waals surface area contributed by atoms with Crippen molar-refractivity contribution in [3.8, 4) is 0 Å². The summed E-state index contributed by atoms with van der Waals surface area (Å²) in [5.41, 5.74) is 3.75. The van der Waals surface area contributed by atoms with E-state index in [1.165, 1.54) is 11.1 Å². The number of rotatable bonds is 5. The van der Waals surface area contributed by atoms with Crippen LogP contribution in [0.1, 0.15) is 29.7 Å². The van der Waals surface area contributed by atoms with E-state index in [1.54, 1.807) is 6.07 Å². The lowest BCUT2D eigenvalue weighted by atomic mass is 9.97. The predicted octanol–water partition coefficient (Wildman–Crippen LogP) is 5.06. The molecule has 106 valence electrons. The molecular formula is C17H19Cl2N. The molecule has 0 fully saturated rings. The van der Waals surface area contributed by atoms with Crippen LogP contribution >= 0.6 is 23.2 Å². The van der Waals surface area contributed by atoms with Crippen LogP contribution in [0.2, 0.25) is 10.0 Å². The van der Waals surface area contributed by atoms with Crippen LogP contribution in [0.5, 0.6) is 0 Å². The van der Waals surface area contributed by atoms with Gasteiger partial charge in [0, 0.05) is 16.1 Å². The quantitative estimate of drug-likeness (QED) is 0.814. The molecule has 1 atom stereocenters. The average Bonchev–Trinajstić information content (AvgIpc) is 2.46. The molecule has 0 saturated carbocycles. The van der Waals surface area contributed by atoms with Gasteiger partial charge < -0.3 is 5.32 Å². The maximum atomic E-state index is 6.26. The summed E-state index contributed by atoms with van der Waals surface area (Å²) in [6, 6.07) is 14.6. The summed E-state index contributed by atoms with van der Waals surface area (Å²) >= 11 is 12.2. The van der Waals surface area contributed by atoms with Crippen molar-refractivity contribution in [2.24, 2.45) is 0 Å². The molecule has 0 radical (unpaired) electrons. The molecule has 1 unspecified atom stereocenters. The van der Waals surface area contributed by atoms with Crippen molar-refractivity contribution in [2.45, 2.75) is 25.8 Å². The first kappa shape index (κ1) is 15.4. The van der Waals surface area contributed by atoms with Crippen LogP contribution < -0.4 is 5.32 Å². The fourth-order valence-corrected chi connectivity index (χ4v) is 2.81. The SMILES string of the molecule is CCc1cccc(C(Cc2ccc(Cl)cc2Cl)NC)c1. The van der Waals surface area contributed by atoms with Crippen LogP contribution in [0.3, 0.4) is 0 Å². The Balaban J connectivity index is 2.23. The zero-order valence-electron chi connectivity index (χ0n) is 11.8. The Kier molecular flexibility index (Phi) is 5.47. The highest BCUT2D eigenvalue weighted by Gasteiger charge is 2.12. The first-order chi connectivity index (χ1) is 9.63. The van der Waals surface area contributed by atoms with Crippen molar-refractivity contribution in [2.75, 3.05) is 7.05 Å². The van der Waals surface area contributed by atoms with E-state index < -0.39 is 0 Å². The highest BCUT2D eigenvalue weighted by Crippen LogP contribution is 2.26. The van der Waals surface area contributed by atoms with Crippen LogP contribution in [0.15, 0.2) is 42.5 Å². The molecule has 3 heteroatoms. The molecule has 0 bridgehead atoms. The van der Waals surface area contributed by atoms with Gasteiger partial charge in [-0.05, 0) is 48.7 Å². The summed E-state index contributed by atoms with van der Waals surface area (Å²) in [5.74, 6) is 0. The van der Waals surface area contributed by atoms with E-state index >= 15 is 0 Å². The Morgan fingerprint density at radius 3 is 2.55 bits per heavy atom. The van der Waals surface area contributed by atoms with E-state index in [0.717, 1.165) is 23.4 Å². The van der Waals surface area contributed by atoms with Gasteiger partial charge in [0.15, 0.2) is 0 Å². The Hall–Kier alpha value is -1.02. The number of likely N-dealkylation sites (N-methyl/N-ethyl adjacent to an activating group) is 1. The van der Waals surface area contributed by atoms with Crippen molar-refractivity contribution in [1.29, 1.82) is 0 Å². The monoisotopic (exact) mass is 307 g/mol. The first-order valence-corrected chi connectivity index (χ1v) is 7.59. The molecule has 0 heterocycles. The molecule has 0 amide bonds. The molecule has 1 N–H and O–H groups in total. The highest BCUT2D eigenvalue weighted by molar-refractivity contribution is 6.35. The zero-order valence-corrected chi connectivity index (χ0v) is 13.3. The molecule has 2 aromatic rings. The third-order valence-corrected chi connectivity index (χ3v) is 4.14. The maximum absolute atomic E-state index is 6.26. The van der Waals surface area contributed by atoms with Crippen molar-refractivity contribution in [3.05, 3.63) is 69.2 Å². The largest absolute Gasteiger partial charge is 0.313 e. The maximum Gasteiger partial charge on any atom is 0.0453 e. The van der Waals surface area contributed by atoms with Gasteiger partial charge in [0.05, 0.1) is 0 Å². The summed E-state index contributed by atoms with van der Waals surface area (Å²) in [7, 11) is 1.98. The molecule has 2 aromatic carbocycles. The van der Waals surface area contributed by atoms with Gasteiger partial charge in [-0.2, -0.15) is 0 Å². The molecule has 2 rings (SSSR count). The smallest absolute Gasteiger partial charge is 0.0453 e. The van der Waals surface area contributed by atoms with E-state index in [2.05, 4.69) is 36.5 Å². The van der Waals surface area contributed by atoms with Crippen LogP contribution in [0.4, 0.5) is 0 Å². The molecule has 0 aromatic heterocycles. The number of hydrogen-bond donors (Lipinski definition) is 1. The normalized spacial score (nSPS) is 12.4. The van der Waals surface area contributed by atoms with Crippen LogP contribution in [0, 0.1) is 0 Å². The van der Waals surface area contributed by atoms with Gasteiger partial charge in [-0.1, -0.05) is 60.5 Å². The number of nitrogens with one attached hydrogen (secondary N) is 1. The second-order valence-electron chi connectivity index (χ2n) is 4.88. The second kappa shape index (κ2) is 7.12. The third-order valence-electron chi connectivity index (χ3n) is 3.55. The van der Waals surface area contributed by atoms with Crippen molar-refractivity contribution in [1.82, 2.24) is 5.32 Å². The van der Waals surface area contributed by atoms with E-state index in [4.69, 9.17) is 23.2 Å². The minimum absolute atomic E-state index is 0.250. The molecule has 0 aliphatic heterocycles. The van der Waals surface area contributed by atoms with Crippen LogP contribution in [0.25, 0.3) is 0 Å². The summed E-state index contributed by atoms with van der Waals surface area (Å²) in [6.07, 6.45) is 1.89. The lowest BCUT2D eigenvalue weighted by Gasteiger charge is -2.18. The van der Waals surface area contributed by atoms with Crippen LogP contribution in [-0.4, -0.2) is 7.05 Å². The van der Waals surface area contributed by atoms with Gasteiger partial charge in [-0.15, -0.1) is 0 Å². The molecule has 1 nitrogen and oxygen atoms in total. The Bertz CT molecular complexity index is 581. The predicted molar refractivity (Wildman–Crippen MR) is 87.8 cm³/mol. The third kappa shape index (κ3) is 3.76. The first-order valence-electron chi connectivity index (χ1n) is 6.84. The number of aryl methyl sites for hydroxylation is 1. The van der Waals surface area contributed by atoms with E-state index in [1.807, 2.05) is 19.2 Å². The Morgan fingerprint density at radius 1 is 1.10 bits per heavy atom. The van der Waals surface area contributed by atoms with Gasteiger partial charge in [0.25, 0.3) is 0 Å². The van der Waals surface area contributed by atoms with Gasteiger partial charge in [0.2, 0.25) is 0 Å². The standard InChI is InChI=1S/C17H19Cl2N/c1-3-12-5-4-6-14(9-12)17(20-2)10-13-7-8-15(18)11-16(13)19/h4-9,11,17,20H,3,10H2,1-2H3. The van der Waals surface area contributed by atoms with Gasteiger partial charge in [0.1, 0.15) is 0 Å². The zero-order chi connectivity index (χ0) is 14.5. The second-order valence-corrected chi connectivity index (χ2v) is 5.72. The van der Waals surface area contributed by atoms with E-state index in [0.29, 0.717) is 5.02 Å². The van der Waals surface area contributed by atoms with Gasteiger partial charge >= 0.3 is 0 Å². The summed E-state index contributed by atoms with van der Waals surface area (Å²) < 4.78 is 0. The topological polar surface area (TPSA) is 12.0 Å². The van der Waals surface area contributed by atoms with Crippen molar-refractivity contribution >= 4 is 23.2 Å². The van der Waals surface area contributed by atoms with Crippen LogP contribution in [-0.2, 0) is 12.8 Å². The van der Waals surface area contributed by atoms with Gasteiger partial charge in [-0.25, -0.2) is 0 Å². The lowest BCUT2D eigenvalue weighted by Crippen LogP contribution is -2.19. The summed E-state index contributed by atoms with van der Waals surface area (Å²) in [4.78, 5) is 0. The average molecular weight is 308 g/mol. The van der Waals surface area contributed by atoms with E-state index in [9.17, 15) is 0 Å². The fourth-order valence-electron chi connectivity index (χ4n) is 2.32. The molecule has 0 aliphatic carbocycles. The van der Waals surface area contributed by atoms with Crippen molar-refractivity contribution < 1.29 is 0 Å². The summed E-state index contributed by atoms with van der Waals surface area (Å²) in [5, 5.41) is 4.77. The molecule has 0 saturated heterocycles. The Labute approximate surface area is 130 Å². The number of halogens is 2. The number of hydrogen-bond acceptors (Lipinski definition) is 1.